The summed E-state index contributed by atoms with van der Waals surface area (Å²) in [6, 6.07) is 16.8. The van der Waals surface area contributed by atoms with Crippen molar-refractivity contribution in [3.05, 3.63) is 81.2 Å². The van der Waals surface area contributed by atoms with Gasteiger partial charge in [0.15, 0.2) is 11.0 Å². The SMILES string of the molecule is COc1ccccc1-n1c(SCc2nc3ccc(Cl)cc3c(=O)[nH]2)nnc1-c1cccs1. The molecule has 0 amide bonds. The van der Waals surface area contributed by atoms with Crippen LogP contribution in [0.1, 0.15) is 5.82 Å². The lowest BCUT2D eigenvalue weighted by Crippen LogP contribution is -2.11. The lowest BCUT2D eigenvalue weighted by Gasteiger charge is -2.13. The summed E-state index contributed by atoms with van der Waals surface area (Å²) in [4.78, 5) is 20.9. The molecule has 10 heteroatoms. The number of ether oxygens (including phenoxy) is 1. The monoisotopic (exact) mass is 481 g/mol. The van der Waals surface area contributed by atoms with Crippen LogP contribution in [0.15, 0.2) is 69.9 Å². The quantitative estimate of drug-likeness (QED) is 0.336. The van der Waals surface area contributed by atoms with Crippen molar-refractivity contribution < 1.29 is 4.74 Å². The number of methoxy groups -OCH3 is 1. The summed E-state index contributed by atoms with van der Waals surface area (Å²) in [6.45, 7) is 0. The Hall–Kier alpha value is -3.14. The second-order valence-corrected chi connectivity index (χ2v) is 9.08. The third kappa shape index (κ3) is 3.90. The topological polar surface area (TPSA) is 85.7 Å². The van der Waals surface area contributed by atoms with E-state index < -0.39 is 0 Å². The maximum absolute atomic E-state index is 12.5. The van der Waals surface area contributed by atoms with Crippen molar-refractivity contribution in [2.45, 2.75) is 10.9 Å². The van der Waals surface area contributed by atoms with Gasteiger partial charge in [0.2, 0.25) is 0 Å². The first-order valence-corrected chi connectivity index (χ1v) is 11.8. The number of rotatable bonds is 6. The fourth-order valence-corrected chi connectivity index (χ4v) is 5.01. The number of aromatic nitrogens is 5. The molecule has 7 nitrogen and oxygen atoms in total. The van der Waals surface area contributed by atoms with Gasteiger partial charge in [-0.05, 0) is 41.8 Å². The van der Waals surface area contributed by atoms with Gasteiger partial charge in [-0.15, -0.1) is 21.5 Å². The number of aromatic amines is 1. The van der Waals surface area contributed by atoms with E-state index in [0.29, 0.717) is 38.4 Å². The van der Waals surface area contributed by atoms with Gasteiger partial charge >= 0.3 is 0 Å². The minimum atomic E-state index is -0.224. The van der Waals surface area contributed by atoms with E-state index in [4.69, 9.17) is 16.3 Å². The van der Waals surface area contributed by atoms with Gasteiger partial charge in [0, 0.05) is 5.02 Å². The van der Waals surface area contributed by atoms with E-state index in [1.54, 1.807) is 36.6 Å². The molecule has 0 aliphatic carbocycles. The van der Waals surface area contributed by atoms with E-state index in [9.17, 15) is 4.79 Å². The molecule has 0 saturated heterocycles. The molecule has 0 aliphatic rings. The number of benzene rings is 2. The summed E-state index contributed by atoms with van der Waals surface area (Å²) in [5.74, 6) is 2.38. The van der Waals surface area contributed by atoms with E-state index in [0.717, 1.165) is 16.4 Å². The molecular formula is C22H16ClN5O2S2. The second-order valence-electron chi connectivity index (χ2n) is 6.75. The molecule has 0 spiro atoms. The van der Waals surface area contributed by atoms with Gasteiger partial charge in [0.05, 0.1) is 34.3 Å². The highest BCUT2D eigenvalue weighted by Crippen LogP contribution is 2.34. The molecule has 160 valence electrons. The molecule has 0 fully saturated rings. The highest BCUT2D eigenvalue weighted by molar-refractivity contribution is 7.98. The number of thiophene rings is 1. The number of hydrogen-bond acceptors (Lipinski definition) is 7. The Balaban J connectivity index is 1.54. The molecule has 0 saturated carbocycles. The molecule has 0 bridgehead atoms. The summed E-state index contributed by atoms with van der Waals surface area (Å²) in [6.07, 6.45) is 0. The summed E-state index contributed by atoms with van der Waals surface area (Å²) in [5.41, 5.74) is 1.21. The first kappa shape index (κ1) is 20.7. The number of thioether (sulfide) groups is 1. The molecule has 1 N–H and O–H groups in total. The summed E-state index contributed by atoms with van der Waals surface area (Å²) >= 11 is 9.02. The number of fused-ring (bicyclic) bond motifs is 1. The minimum Gasteiger partial charge on any atom is -0.495 e. The van der Waals surface area contributed by atoms with E-state index >= 15 is 0 Å². The number of nitrogens with zero attached hydrogens (tertiary/aromatic N) is 4. The molecule has 0 atom stereocenters. The largest absolute Gasteiger partial charge is 0.495 e. The first-order chi connectivity index (χ1) is 15.6. The molecular weight excluding hydrogens is 466 g/mol. The van der Waals surface area contributed by atoms with Crippen LogP contribution in [0.3, 0.4) is 0 Å². The van der Waals surface area contributed by atoms with Crippen molar-refractivity contribution in [3.8, 4) is 22.1 Å². The van der Waals surface area contributed by atoms with Crippen LogP contribution < -0.4 is 10.3 Å². The first-order valence-electron chi connectivity index (χ1n) is 9.58. The molecule has 5 rings (SSSR count). The lowest BCUT2D eigenvalue weighted by molar-refractivity contribution is 0.412. The predicted octanol–water partition coefficient (Wildman–Crippen LogP) is 5.19. The van der Waals surface area contributed by atoms with E-state index in [1.165, 1.54) is 11.8 Å². The van der Waals surface area contributed by atoms with Gasteiger partial charge in [0.25, 0.3) is 5.56 Å². The van der Waals surface area contributed by atoms with Gasteiger partial charge in [0.1, 0.15) is 11.6 Å². The molecule has 0 radical (unpaired) electrons. The summed E-state index contributed by atoms with van der Waals surface area (Å²) < 4.78 is 7.55. The lowest BCUT2D eigenvalue weighted by atomic mass is 10.2. The van der Waals surface area contributed by atoms with Crippen molar-refractivity contribution in [1.82, 2.24) is 24.7 Å². The summed E-state index contributed by atoms with van der Waals surface area (Å²) in [5, 5.41) is 12.5. The van der Waals surface area contributed by atoms with Gasteiger partial charge in [-0.3, -0.25) is 9.36 Å². The van der Waals surface area contributed by atoms with Crippen molar-refractivity contribution in [1.29, 1.82) is 0 Å². The molecule has 2 aromatic carbocycles. The molecule has 0 unspecified atom stereocenters. The van der Waals surface area contributed by atoms with Crippen LogP contribution in [0.2, 0.25) is 5.02 Å². The van der Waals surface area contributed by atoms with E-state index in [-0.39, 0.29) is 5.56 Å². The average molecular weight is 482 g/mol. The number of hydrogen-bond donors (Lipinski definition) is 1. The van der Waals surface area contributed by atoms with Crippen LogP contribution in [0.4, 0.5) is 0 Å². The Bertz CT molecular complexity index is 1460. The molecule has 0 aliphatic heterocycles. The number of halogens is 1. The normalized spacial score (nSPS) is 11.2. The fraction of sp³-hybridized carbons (Fsp3) is 0.0909. The van der Waals surface area contributed by atoms with Crippen LogP contribution >= 0.6 is 34.7 Å². The van der Waals surface area contributed by atoms with Crippen molar-refractivity contribution in [2.24, 2.45) is 0 Å². The standard InChI is InChI=1S/C22H16ClN5O2S2/c1-30-17-6-3-2-5-16(17)28-20(18-7-4-10-31-18)26-27-22(28)32-12-19-24-15-9-8-13(23)11-14(15)21(29)25-19/h2-11H,12H2,1H3,(H,24,25,29). The average Bonchev–Trinajstić information content (AvgIpc) is 3.48. The maximum atomic E-state index is 12.5. The molecule has 3 heterocycles. The van der Waals surface area contributed by atoms with Crippen LogP contribution in [0, 0.1) is 0 Å². The highest BCUT2D eigenvalue weighted by atomic mass is 35.5. The predicted molar refractivity (Wildman–Crippen MR) is 128 cm³/mol. The summed E-state index contributed by atoms with van der Waals surface area (Å²) in [7, 11) is 1.64. The number of H-pyrrole nitrogens is 1. The van der Waals surface area contributed by atoms with Crippen molar-refractivity contribution >= 4 is 45.6 Å². The van der Waals surface area contributed by atoms with Crippen molar-refractivity contribution in [2.75, 3.05) is 7.11 Å². The van der Waals surface area contributed by atoms with Crippen LogP contribution in [-0.4, -0.2) is 31.8 Å². The maximum Gasteiger partial charge on any atom is 0.258 e. The Kier molecular flexibility index (Phi) is 5.69. The van der Waals surface area contributed by atoms with Crippen LogP contribution in [0.5, 0.6) is 5.75 Å². The fourth-order valence-electron chi connectivity index (χ4n) is 3.32. The van der Waals surface area contributed by atoms with E-state index in [1.807, 2.05) is 46.3 Å². The Morgan fingerprint density at radius 2 is 2.03 bits per heavy atom. The second kappa shape index (κ2) is 8.78. The van der Waals surface area contributed by atoms with Gasteiger partial charge in [-0.25, -0.2) is 4.98 Å². The van der Waals surface area contributed by atoms with Gasteiger partial charge < -0.3 is 9.72 Å². The zero-order valence-corrected chi connectivity index (χ0v) is 19.2. The smallest absolute Gasteiger partial charge is 0.258 e. The third-order valence-corrected chi connectivity index (χ3v) is 6.80. The van der Waals surface area contributed by atoms with E-state index in [2.05, 4.69) is 20.2 Å². The highest BCUT2D eigenvalue weighted by Gasteiger charge is 2.20. The van der Waals surface area contributed by atoms with Crippen molar-refractivity contribution in [3.63, 3.8) is 0 Å². The van der Waals surface area contributed by atoms with Crippen LogP contribution in [-0.2, 0) is 5.75 Å². The van der Waals surface area contributed by atoms with Crippen LogP contribution in [0.25, 0.3) is 27.3 Å². The minimum absolute atomic E-state index is 0.224. The number of nitrogens with one attached hydrogen (secondary N) is 1. The Morgan fingerprint density at radius 1 is 1.16 bits per heavy atom. The molecule has 3 aromatic heterocycles. The Morgan fingerprint density at radius 3 is 2.84 bits per heavy atom. The number of para-hydroxylation sites is 2. The zero-order valence-electron chi connectivity index (χ0n) is 16.8. The Labute approximate surface area is 196 Å². The zero-order chi connectivity index (χ0) is 22.1. The van der Waals surface area contributed by atoms with Gasteiger partial charge in [-0.1, -0.05) is 41.6 Å². The molecule has 32 heavy (non-hydrogen) atoms. The molecule has 5 aromatic rings. The van der Waals surface area contributed by atoms with Gasteiger partial charge in [-0.2, -0.15) is 0 Å². The third-order valence-electron chi connectivity index (χ3n) is 4.76.